The third kappa shape index (κ3) is 4.29. The highest BCUT2D eigenvalue weighted by Crippen LogP contribution is 2.18. The summed E-state index contributed by atoms with van der Waals surface area (Å²) in [6.07, 6.45) is 0.307. The van der Waals surface area contributed by atoms with Gasteiger partial charge in [0.15, 0.2) is 0 Å². The van der Waals surface area contributed by atoms with Crippen molar-refractivity contribution in [1.82, 2.24) is 4.31 Å². The molecule has 0 bridgehead atoms. The van der Waals surface area contributed by atoms with E-state index in [0.29, 0.717) is 18.7 Å². The van der Waals surface area contributed by atoms with Crippen LogP contribution >= 0.6 is 0 Å². The average Bonchev–Trinajstić information content (AvgIpc) is 2.38. The quantitative estimate of drug-likeness (QED) is 0.815. The molecule has 6 nitrogen and oxygen atoms in total. The van der Waals surface area contributed by atoms with Crippen LogP contribution in [0.1, 0.15) is 13.3 Å². The van der Waals surface area contributed by atoms with Gasteiger partial charge in [-0.25, -0.2) is 12.7 Å². The van der Waals surface area contributed by atoms with Crippen LogP contribution in [0, 0.1) is 5.92 Å². The van der Waals surface area contributed by atoms with Crippen LogP contribution in [0.2, 0.25) is 0 Å². The summed E-state index contributed by atoms with van der Waals surface area (Å²) in [5.74, 6) is -0.0916. The van der Waals surface area contributed by atoms with Crippen LogP contribution in [0.3, 0.4) is 0 Å². The number of carbonyl (C=O) groups excluding carboxylic acids is 1. The van der Waals surface area contributed by atoms with Gasteiger partial charge in [-0.3, -0.25) is 4.79 Å². The number of rotatable bonds is 6. The van der Waals surface area contributed by atoms with Crippen molar-refractivity contribution in [3.63, 3.8) is 0 Å². The number of anilines is 1. The Labute approximate surface area is 120 Å². The summed E-state index contributed by atoms with van der Waals surface area (Å²) < 4.78 is 25.1. The monoisotopic (exact) mass is 299 g/mol. The van der Waals surface area contributed by atoms with E-state index < -0.39 is 10.0 Å². The molecule has 1 aromatic carbocycles. The normalized spacial score (nSPS) is 13.2. The molecule has 0 radical (unpaired) electrons. The number of amides is 1. The maximum atomic E-state index is 12.0. The number of carbonyl (C=O) groups is 1. The molecule has 1 aromatic rings. The van der Waals surface area contributed by atoms with Gasteiger partial charge >= 0.3 is 0 Å². The fraction of sp³-hybridized carbons (Fsp3) is 0.462. The van der Waals surface area contributed by atoms with Crippen molar-refractivity contribution in [2.24, 2.45) is 11.7 Å². The van der Waals surface area contributed by atoms with Crippen LogP contribution < -0.4 is 11.1 Å². The van der Waals surface area contributed by atoms with Gasteiger partial charge in [0, 0.05) is 26.2 Å². The van der Waals surface area contributed by atoms with Crippen LogP contribution in [0.5, 0.6) is 0 Å². The molecule has 0 aliphatic rings. The maximum Gasteiger partial charge on any atom is 0.242 e. The summed E-state index contributed by atoms with van der Waals surface area (Å²) in [6, 6.07) is 6.19. The van der Waals surface area contributed by atoms with Gasteiger partial charge in [-0.2, -0.15) is 0 Å². The van der Waals surface area contributed by atoms with E-state index in [9.17, 15) is 13.2 Å². The number of nitrogens with two attached hydrogens (primary N) is 1. The number of hydrogen-bond donors (Lipinski definition) is 2. The summed E-state index contributed by atoms with van der Waals surface area (Å²) in [4.78, 5) is 11.9. The zero-order valence-electron chi connectivity index (χ0n) is 12.0. The highest BCUT2D eigenvalue weighted by atomic mass is 32.2. The third-order valence-electron chi connectivity index (χ3n) is 2.83. The summed E-state index contributed by atoms with van der Waals surface area (Å²) >= 11 is 0. The minimum atomic E-state index is -3.50. The molecule has 20 heavy (non-hydrogen) atoms. The second-order valence-corrected chi connectivity index (χ2v) is 7.06. The van der Waals surface area contributed by atoms with Gasteiger partial charge < -0.3 is 11.1 Å². The van der Waals surface area contributed by atoms with Crippen molar-refractivity contribution >= 4 is 21.6 Å². The topological polar surface area (TPSA) is 92.5 Å². The molecule has 0 saturated carbocycles. The molecule has 1 unspecified atom stereocenters. The summed E-state index contributed by atoms with van der Waals surface area (Å²) in [5.41, 5.74) is 5.92. The smallest absolute Gasteiger partial charge is 0.242 e. The Hall–Kier alpha value is -1.44. The largest absolute Gasteiger partial charge is 0.330 e. The van der Waals surface area contributed by atoms with Crippen LogP contribution in [0.25, 0.3) is 0 Å². The third-order valence-corrected chi connectivity index (χ3v) is 4.64. The van der Waals surface area contributed by atoms with Crippen LogP contribution in [-0.2, 0) is 14.8 Å². The van der Waals surface area contributed by atoms with Gasteiger partial charge in [0.25, 0.3) is 0 Å². The van der Waals surface area contributed by atoms with Gasteiger partial charge in [0.05, 0.1) is 4.90 Å². The summed E-state index contributed by atoms with van der Waals surface area (Å²) in [7, 11) is -0.577. The Balaban J connectivity index is 2.87. The predicted molar refractivity (Wildman–Crippen MR) is 78.8 cm³/mol. The van der Waals surface area contributed by atoms with E-state index in [1.807, 2.05) is 6.92 Å². The van der Waals surface area contributed by atoms with Gasteiger partial charge in [-0.15, -0.1) is 0 Å². The fourth-order valence-corrected chi connectivity index (χ4v) is 2.51. The van der Waals surface area contributed by atoms with Gasteiger partial charge in [-0.05, 0) is 30.7 Å². The van der Waals surface area contributed by atoms with Crippen LogP contribution in [0.15, 0.2) is 29.2 Å². The molecule has 0 aliphatic heterocycles. The van der Waals surface area contributed by atoms with E-state index in [-0.39, 0.29) is 16.7 Å². The lowest BCUT2D eigenvalue weighted by Crippen LogP contribution is -2.23. The van der Waals surface area contributed by atoms with E-state index in [2.05, 4.69) is 5.32 Å². The number of benzene rings is 1. The van der Waals surface area contributed by atoms with Crippen LogP contribution in [-0.4, -0.2) is 39.3 Å². The molecule has 0 aliphatic carbocycles. The first-order valence-corrected chi connectivity index (χ1v) is 7.74. The SMILES string of the molecule is CC(CN)CC(=O)Nc1cccc(S(=O)(=O)N(C)C)c1. The zero-order valence-corrected chi connectivity index (χ0v) is 12.8. The Morgan fingerprint density at radius 3 is 2.60 bits per heavy atom. The standard InChI is InChI=1S/C13H21N3O3S/c1-10(9-14)7-13(17)15-11-5-4-6-12(8-11)20(18,19)16(2)3/h4-6,8,10H,7,9,14H2,1-3H3,(H,15,17). The van der Waals surface area contributed by atoms with E-state index in [1.54, 1.807) is 12.1 Å². The number of sulfonamides is 1. The second-order valence-electron chi connectivity index (χ2n) is 4.91. The molecule has 0 aromatic heterocycles. The molecular formula is C13H21N3O3S. The molecule has 0 saturated heterocycles. The number of nitrogens with zero attached hydrogens (tertiary/aromatic N) is 1. The predicted octanol–water partition coefficient (Wildman–Crippen LogP) is 0.860. The molecule has 3 N–H and O–H groups in total. The van der Waals surface area contributed by atoms with E-state index in [0.717, 1.165) is 4.31 Å². The number of nitrogens with one attached hydrogen (secondary N) is 1. The highest BCUT2D eigenvalue weighted by Gasteiger charge is 2.17. The van der Waals surface area contributed by atoms with Crippen molar-refractivity contribution < 1.29 is 13.2 Å². The molecule has 0 fully saturated rings. The molecule has 0 heterocycles. The average molecular weight is 299 g/mol. The molecule has 7 heteroatoms. The lowest BCUT2D eigenvalue weighted by Gasteiger charge is -2.13. The molecule has 1 amide bonds. The summed E-state index contributed by atoms with van der Waals surface area (Å²) in [5, 5.41) is 2.68. The van der Waals surface area contributed by atoms with Crippen molar-refractivity contribution in [3.05, 3.63) is 24.3 Å². The van der Waals surface area contributed by atoms with Gasteiger partial charge in [0.2, 0.25) is 15.9 Å². The number of hydrogen-bond acceptors (Lipinski definition) is 4. The Bertz CT molecular complexity index is 570. The first kappa shape index (κ1) is 16.6. The van der Waals surface area contributed by atoms with E-state index >= 15 is 0 Å². The molecule has 1 rings (SSSR count). The molecule has 112 valence electrons. The minimum Gasteiger partial charge on any atom is -0.330 e. The van der Waals surface area contributed by atoms with Crippen molar-refractivity contribution in [3.8, 4) is 0 Å². The zero-order chi connectivity index (χ0) is 15.3. The fourth-order valence-electron chi connectivity index (χ4n) is 1.56. The van der Waals surface area contributed by atoms with Crippen molar-refractivity contribution in [1.29, 1.82) is 0 Å². The van der Waals surface area contributed by atoms with Gasteiger partial charge in [-0.1, -0.05) is 13.0 Å². The lowest BCUT2D eigenvalue weighted by atomic mass is 10.1. The molecule has 1 atom stereocenters. The van der Waals surface area contributed by atoms with Crippen molar-refractivity contribution in [2.75, 3.05) is 26.0 Å². The Morgan fingerprint density at radius 1 is 1.40 bits per heavy atom. The van der Waals surface area contributed by atoms with E-state index in [1.165, 1.54) is 26.2 Å². The maximum absolute atomic E-state index is 12.0. The van der Waals surface area contributed by atoms with E-state index in [4.69, 9.17) is 5.73 Å². The first-order chi connectivity index (χ1) is 9.27. The van der Waals surface area contributed by atoms with Crippen molar-refractivity contribution in [2.45, 2.75) is 18.2 Å². The van der Waals surface area contributed by atoms with Gasteiger partial charge in [0.1, 0.15) is 0 Å². The Morgan fingerprint density at radius 2 is 2.05 bits per heavy atom. The first-order valence-electron chi connectivity index (χ1n) is 6.30. The van der Waals surface area contributed by atoms with Crippen LogP contribution in [0.4, 0.5) is 5.69 Å². The molecule has 0 spiro atoms. The Kier molecular flexibility index (Phi) is 5.67. The highest BCUT2D eigenvalue weighted by molar-refractivity contribution is 7.89. The molecular weight excluding hydrogens is 278 g/mol. The lowest BCUT2D eigenvalue weighted by molar-refractivity contribution is -0.116. The summed E-state index contributed by atoms with van der Waals surface area (Å²) in [6.45, 7) is 2.31. The minimum absolute atomic E-state index is 0.0868. The second kappa shape index (κ2) is 6.83.